The first kappa shape index (κ1) is 23.2. The van der Waals surface area contributed by atoms with Gasteiger partial charge < -0.3 is 10.2 Å². The fourth-order valence-electron chi connectivity index (χ4n) is 6.73. The summed E-state index contributed by atoms with van der Waals surface area (Å²) in [7, 11) is 1.88. The highest BCUT2D eigenvalue weighted by Gasteiger charge is 2.56. The molecule has 4 amide bonds. The highest BCUT2D eigenvalue weighted by Crippen LogP contribution is 2.43. The van der Waals surface area contributed by atoms with E-state index in [0.29, 0.717) is 25.3 Å². The molecule has 1 saturated heterocycles. The molecule has 194 valence electrons. The van der Waals surface area contributed by atoms with Gasteiger partial charge in [-0.3, -0.25) is 19.2 Å². The Hall–Kier alpha value is -3.94. The summed E-state index contributed by atoms with van der Waals surface area (Å²) in [4.78, 5) is 43.8. The van der Waals surface area contributed by atoms with Crippen LogP contribution in [0.4, 0.5) is 4.79 Å². The van der Waals surface area contributed by atoms with Crippen molar-refractivity contribution in [3.05, 3.63) is 77.1 Å². The van der Waals surface area contributed by atoms with Crippen LogP contribution >= 0.6 is 0 Å². The Labute approximate surface area is 221 Å². The summed E-state index contributed by atoms with van der Waals surface area (Å²) < 4.78 is 1.76. The van der Waals surface area contributed by atoms with Crippen molar-refractivity contribution < 1.29 is 14.4 Å². The predicted octanol–water partition coefficient (Wildman–Crippen LogP) is 3.53. The lowest BCUT2D eigenvalue weighted by atomic mass is 9.90. The summed E-state index contributed by atoms with van der Waals surface area (Å²) >= 11 is 0. The second kappa shape index (κ2) is 8.55. The van der Waals surface area contributed by atoms with Crippen molar-refractivity contribution >= 4 is 17.8 Å². The molecular formula is C30H31N5O3. The number of fused-ring (bicyclic) bond motifs is 3. The van der Waals surface area contributed by atoms with Gasteiger partial charge in [-0.15, -0.1) is 0 Å². The molecule has 3 heterocycles. The Balaban J connectivity index is 1.14. The molecule has 3 aromatic rings. The molecule has 8 nitrogen and oxygen atoms in total. The zero-order chi connectivity index (χ0) is 26.0. The van der Waals surface area contributed by atoms with Crippen LogP contribution in [0.25, 0.3) is 11.1 Å². The van der Waals surface area contributed by atoms with Gasteiger partial charge in [-0.25, -0.2) is 4.79 Å². The summed E-state index contributed by atoms with van der Waals surface area (Å²) in [5.74, 6) is 0.0460. The number of hydrogen-bond acceptors (Lipinski definition) is 4. The van der Waals surface area contributed by atoms with E-state index >= 15 is 0 Å². The summed E-state index contributed by atoms with van der Waals surface area (Å²) in [5.41, 5.74) is 5.27. The van der Waals surface area contributed by atoms with Crippen molar-refractivity contribution in [1.82, 2.24) is 24.9 Å². The standard InChI is InChI=1S/C30H31N5O3/c1-33-16-24(15-31-33)21-8-10-25-22(14-21)12-13-30(25)28(37)35(29(38)32-30)18-27(36)34-17-23-5-3-2-4-19(23)9-11-26(34)20-6-7-20/h2-5,8,10,14-16,20,26H,6-7,9,11-13,17-18H2,1H3,(H,32,38). The highest BCUT2D eigenvalue weighted by atomic mass is 16.2. The minimum Gasteiger partial charge on any atom is -0.334 e. The maximum Gasteiger partial charge on any atom is 0.325 e. The number of rotatable bonds is 4. The molecule has 2 atom stereocenters. The average molecular weight is 510 g/mol. The van der Waals surface area contributed by atoms with E-state index in [0.717, 1.165) is 58.4 Å². The largest absolute Gasteiger partial charge is 0.334 e. The Bertz CT molecular complexity index is 1470. The van der Waals surface area contributed by atoms with E-state index in [-0.39, 0.29) is 24.4 Å². The summed E-state index contributed by atoms with van der Waals surface area (Å²) in [6.07, 6.45) is 9.09. The van der Waals surface area contributed by atoms with Crippen LogP contribution in [0.2, 0.25) is 0 Å². The Morgan fingerprint density at radius 1 is 1.03 bits per heavy atom. The molecule has 0 radical (unpaired) electrons. The van der Waals surface area contributed by atoms with Crippen LogP contribution in [0.15, 0.2) is 54.9 Å². The minimum atomic E-state index is -1.10. The lowest BCUT2D eigenvalue weighted by molar-refractivity contribution is -0.141. The third kappa shape index (κ3) is 3.65. The third-order valence-electron chi connectivity index (χ3n) is 8.90. The van der Waals surface area contributed by atoms with Gasteiger partial charge in [-0.1, -0.05) is 42.5 Å². The maximum absolute atomic E-state index is 13.8. The molecule has 2 aliphatic heterocycles. The monoisotopic (exact) mass is 509 g/mol. The van der Waals surface area contributed by atoms with Gasteiger partial charge in [-0.2, -0.15) is 5.10 Å². The van der Waals surface area contributed by atoms with Crippen LogP contribution in [0.1, 0.15) is 47.9 Å². The predicted molar refractivity (Wildman–Crippen MR) is 141 cm³/mol. The molecule has 0 bridgehead atoms. The van der Waals surface area contributed by atoms with E-state index in [1.54, 1.807) is 4.68 Å². The lowest BCUT2D eigenvalue weighted by Gasteiger charge is -2.31. The smallest absolute Gasteiger partial charge is 0.325 e. The molecule has 8 heteroatoms. The van der Waals surface area contributed by atoms with Crippen molar-refractivity contribution in [1.29, 1.82) is 0 Å². The molecule has 1 N–H and O–H groups in total. The number of carbonyl (C=O) groups is 3. The fraction of sp³-hybridized carbons (Fsp3) is 0.400. The van der Waals surface area contributed by atoms with Gasteiger partial charge in [0, 0.05) is 31.4 Å². The van der Waals surface area contributed by atoms with E-state index in [1.807, 2.05) is 48.6 Å². The highest BCUT2D eigenvalue weighted by molar-refractivity contribution is 6.10. The first-order chi connectivity index (χ1) is 18.4. The van der Waals surface area contributed by atoms with Gasteiger partial charge in [-0.05, 0) is 72.3 Å². The van der Waals surface area contributed by atoms with E-state index in [2.05, 4.69) is 28.6 Å². The van der Waals surface area contributed by atoms with E-state index in [4.69, 9.17) is 0 Å². The number of nitrogens with zero attached hydrogens (tertiary/aromatic N) is 4. The topological polar surface area (TPSA) is 87.5 Å². The summed E-state index contributed by atoms with van der Waals surface area (Å²) in [6, 6.07) is 14.0. The molecule has 38 heavy (non-hydrogen) atoms. The van der Waals surface area contributed by atoms with Gasteiger partial charge in [0.2, 0.25) is 5.91 Å². The number of imide groups is 1. The Morgan fingerprint density at radius 3 is 2.61 bits per heavy atom. The maximum atomic E-state index is 13.8. The normalized spacial score (nSPS) is 24.4. The van der Waals surface area contributed by atoms with Crippen LogP contribution in [0.5, 0.6) is 0 Å². The molecule has 2 aliphatic carbocycles. The van der Waals surface area contributed by atoms with Gasteiger partial charge in [0.25, 0.3) is 5.91 Å². The molecular weight excluding hydrogens is 478 g/mol. The second-order valence-corrected chi connectivity index (χ2v) is 11.2. The second-order valence-electron chi connectivity index (χ2n) is 11.2. The van der Waals surface area contributed by atoms with Gasteiger partial charge in [0.1, 0.15) is 12.1 Å². The first-order valence-electron chi connectivity index (χ1n) is 13.6. The fourth-order valence-corrected chi connectivity index (χ4v) is 6.73. The number of aryl methyl sites for hydroxylation is 3. The van der Waals surface area contributed by atoms with Crippen LogP contribution in [0, 0.1) is 5.92 Å². The van der Waals surface area contributed by atoms with Gasteiger partial charge in [0.15, 0.2) is 0 Å². The number of urea groups is 1. The zero-order valence-corrected chi connectivity index (χ0v) is 21.5. The number of nitrogens with one attached hydrogen (secondary N) is 1. The SMILES string of the molecule is Cn1cc(-c2ccc3c(c2)CCC32NC(=O)N(CC(=O)N3Cc4ccccc4CCC3C3CC3)C2=O)cn1. The molecule has 1 aromatic heterocycles. The van der Waals surface area contributed by atoms with Crippen molar-refractivity contribution in [3.8, 4) is 11.1 Å². The van der Waals surface area contributed by atoms with Crippen molar-refractivity contribution in [2.45, 2.75) is 56.7 Å². The third-order valence-corrected chi connectivity index (χ3v) is 8.90. The van der Waals surface area contributed by atoms with E-state index in [9.17, 15) is 14.4 Å². The molecule has 4 aliphatic rings. The van der Waals surface area contributed by atoms with Gasteiger partial charge in [0.05, 0.1) is 6.20 Å². The van der Waals surface area contributed by atoms with Crippen LogP contribution in [0.3, 0.4) is 0 Å². The van der Waals surface area contributed by atoms with Crippen molar-refractivity contribution in [3.63, 3.8) is 0 Å². The van der Waals surface area contributed by atoms with Crippen LogP contribution in [-0.2, 0) is 41.6 Å². The minimum absolute atomic E-state index is 0.149. The lowest BCUT2D eigenvalue weighted by Crippen LogP contribution is -2.48. The van der Waals surface area contributed by atoms with Crippen molar-refractivity contribution in [2.75, 3.05) is 6.54 Å². The summed E-state index contributed by atoms with van der Waals surface area (Å²) in [6.45, 7) is 0.311. The number of hydrogen-bond donors (Lipinski definition) is 1. The molecule has 1 spiro atoms. The van der Waals surface area contributed by atoms with Crippen molar-refractivity contribution in [2.24, 2.45) is 13.0 Å². The zero-order valence-electron chi connectivity index (χ0n) is 21.5. The molecule has 2 aromatic carbocycles. The number of amides is 4. The van der Waals surface area contributed by atoms with E-state index in [1.165, 1.54) is 5.56 Å². The number of carbonyl (C=O) groups excluding carboxylic acids is 3. The summed E-state index contributed by atoms with van der Waals surface area (Å²) in [5, 5.41) is 7.24. The Kier molecular flexibility index (Phi) is 5.22. The van der Waals surface area contributed by atoms with E-state index < -0.39 is 11.6 Å². The molecule has 2 fully saturated rings. The molecule has 7 rings (SSSR count). The Morgan fingerprint density at radius 2 is 1.84 bits per heavy atom. The van der Waals surface area contributed by atoms with Crippen LogP contribution in [-0.4, -0.2) is 50.0 Å². The number of benzene rings is 2. The molecule has 1 saturated carbocycles. The molecule has 2 unspecified atom stereocenters. The van der Waals surface area contributed by atoms with Gasteiger partial charge >= 0.3 is 6.03 Å². The quantitative estimate of drug-likeness (QED) is 0.545. The number of aromatic nitrogens is 2. The van der Waals surface area contributed by atoms with Crippen LogP contribution < -0.4 is 5.32 Å². The average Bonchev–Trinajstić information content (AvgIpc) is 3.55. The first-order valence-corrected chi connectivity index (χ1v) is 13.6.